The quantitative estimate of drug-likeness (QED) is 0.446. The van der Waals surface area contributed by atoms with E-state index in [9.17, 15) is 14.9 Å². The highest BCUT2D eigenvalue weighted by atomic mass is 32.2. The molecule has 2 N–H and O–H groups in total. The normalized spacial score (nSPS) is 11.6. The molecule has 1 aliphatic heterocycles. The molecular weight excluding hydrogens is 420 g/mol. The van der Waals surface area contributed by atoms with E-state index in [0.717, 1.165) is 11.8 Å². The number of nitrogens with one attached hydrogen (secondary N) is 2. The van der Waals surface area contributed by atoms with Gasteiger partial charge in [0.05, 0.1) is 18.6 Å². The van der Waals surface area contributed by atoms with Crippen molar-refractivity contribution in [2.24, 2.45) is 0 Å². The Bertz CT molecular complexity index is 1230. The number of benzene rings is 2. The summed E-state index contributed by atoms with van der Waals surface area (Å²) >= 11 is 1.05. The lowest BCUT2D eigenvalue weighted by molar-refractivity contribution is -0.113. The molecule has 0 unspecified atom stereocenters. The number of carbonyl (C=O) groups excluding carboxylic acids is 1. The van der Waals surface area contributed by atoms with Gasteiger partial charge in [0.25, 0.3) is 5.56 Å². The van der Waals surface area contributed by atoms with Crippen LogP contribution in [0.5, 0.6) is 17.2 Å². The second-order valence-electron chi connectivity index (χ2n) is 6.34. The number of ether oxygens (including phenoxy) is 3. The summed E-state index contributed by atoms with van der Waals surface area (Å²) in [6, 6.07) is 13.8. The average Bonchev–Trinajstić information content (AvgIpc) is 3.25. The molecule has 1 aromatic heterocycles. The fraction of sp³-hybridized carbons (Fsp3) is 0.143. The van der Waals surface area contributed by atoms with Crippen LogP contribution >= 0.6 is 11.8 Å². The Morgan fingerprint density at radius 3 is 2.77 bits per heavy atom. The van der Waals surface area contributed by atoms with E-state index in [-0.39, 0.29) is 34.9 Å². The molecule has 2 aromatic carbocycles. The molecule has 1 amide bonds. The van der Waals surface area contributed by atoms with Gasteiger partial charge in [0.15, 0.2) is 16.7 Å². The lowest BCUT2D eigenvalue weighted by Crippen LogP contribution is -2.17. The predicted molar refractivity (Wildman–Crippen MR) is 113 cm³/mol. The molecule has 4 rings (SSSR count). The highest BCUT2D eigenvalue weighted by Gasteiger charge is 2.16. The molecule has 156 valence electrons. The van der Waals surface area contributed by atoms with Crippen LogP contribution in [0.1, 0.15) is 5.56 Å². The molecule has 0 bridgehead atoms. The fourth-order valence-electron chi connectivity index (χ4n) is 2.89. The van der Waals surface area contributed by atoms with Crippen LogP contribution in [-0.4, -0.2) is 35.5 Å². The first-order valence-electron chi connectivity index (χ1n) is 9.08. The molecule has 0 fully saturated rings. The van der Waals surface area contributed by atoms with E-state index < -0.39 is 5.56 Å². The summed E-state index contributed by atoms with van der Waals surface area (Å²) < 4.78 is 15.7. The number of anilines is 1. The Morgan fingerprint density at radius 1 is 1.26 bits per heavy atom. The summed E-state index contributed by atoms with van der Waals surface area (Å²) in [5.74, 6) is 1.54. The van der Waals surface area contributed by atoms with Crippen LogP contribution < -0.4 is 25.1 Å². The Labute approximate surface area is 181 Å². The minimum Gasteiger partial charge on any atom is -0.497 e. The lowest BCUT2D eigenvalue weighted by atomic mass is 10.1. The van der Waals surface area contributed by atoms with Crippen molar-refractivity contribution in [2.45, 2.75) is 5.16 Å². The molecule has 9 nitrogen and oxygen atoms in total. The number of hydrogen-bond donors (Lipinski definition) is 2. The van der Waals surface area contributed by atoms with Crippen LogP contribution in [0.4, 0.5) is 5.69 Å². The van der Waals surface area contributed by atoms with Gasteiger partial charge in [-0.2, -0.15) is 5.26 Å². The molecule has 2 heterocycles. The summed E-state index contributed by atoms with van der Waals surface area (Å²) in [4.78, 5) is 31.6. The first-order valence-corrected chi connectivity index (χ1v) is 10.1. The van der Waals surface area contributed by atoms with E-state index in [1.165, 1.54) is 0 Å². The molecule has 0 atom stereocenters. The number of thioether (sulfide) groups is 1. The molecule has 0 saturated heterocycles. The zero-order chi connectivity index (χ0) is 21.8. The predicted octanol–water partition coefficient (Wildman–Crippen LogP) is 2.78. The molecule has 0 saturated carbocycles. The van der Waals surface area contributed by atoms with Gasteiger partial charge in [-0.3, -0.25) is 9.59 Å². The van der Waals surface area contributed by atoms with Crippen LogP contribution in [-0.2, 0) is 4.79 Å². The van der Waals surface area contributed by atoms with Crippen LogP contribution in [0.15, 0.2) is 52.4 Å². The third-order valence-electron chi connectivity index (χ3n) is 4.37. The van der Waals surface area contributed by atoms with Crippen molar-refractivity contribution in [3.63, 3.8) is 0 Å². The topological polar surface area (TPSA) is 126 Å². The zero-order valence-corrected chi connectivity index (χ0v) is 17.1. The van der Waals surface area contributed by atoms with Gasteiger partial charge in [-0.25, -0.2) is 4.98 Å². The van der Waals surface area contributed by atoms with Gasteiger partial charge in [-0.1, -0.05) is 11.8 Å². The summed E-state index contributed by atoms with van der Waals surface area (Å²) in [5, 5.41) is 12.4. The first kappa shape index (κ1) is 20.3. The van der Waals surface area contributed by atoms with Gasteiger partial charge in [0, 0.05) is 17.3 Å². The van der Waals surface area contributed by atoms with E-state index in [4.69, 9.17) is 14.2 Å². The van der Waals surface area contributed by atoms with Crippen molar-refractivity contribution in [2.75, 3.05) is 25.0 Å². The molecular formula is C21H16N4O5S. The lowest BCUT2D eigenvalue weighted by Gasteiger charge is -2.08. The van der Waals surface area contributed by atoms with Gasteiger partial charge in [-0.15, -0.1) is 0 Å². The number of H-pyrrole nitrogens is 1. The number of nitrogens with zero attached hydrogens (tertiary/aromatic N) is 2. The van der Waals surface area contributed by atoms with E-state index in [2.05, 4.69) is 15.3 Å². The van der Waals surface area contributed by atoms with Crippen LogP contribution in [0.2, 0.25) is 0 Å². The van der Waals surface area contributed by atoms with Gasteiger partial charge >= 0.3 is 0 Å². The zero-order valence-electron chi connectivity index (χ0n) is 16.3. The molecule has 0 radical (unpaired) electrons. The highest BCUT2D eigenvalue weighted by molar-refractivity contribution is 7.99. The van der Waals surface area contributed by atoms with E-state index in [1.54, 1.807) is 49.6 Å². The fourth-order valence-corrected chi connectivity index (χ4v) is 3.55. The monoisotopic (exact) mass is 436 g/mol. The standard InChI is InChI=1S/C21H16N4O5S/c1-28-14-5-2-12(3-6-14)19-15(9-22)20(27)25-21(24-19)31-10-18(26)23-13-4-7-16-17(8-13)30-11-29-16/h2-8H,10-11H2,1H3,(H,23,26)(H,24,25,27). The second kappa shape index (κ2) is 8.81. The Morgan fingerprint density at radius 2 is 2.03 bits per heavy atom. The number of methoxy groups -OCH3 is 1. The maximum absolute atomic E-state index is 12.4. The number of aromatic nitrogens is 2. The van der Waals surface area contributed by atoms with Gasteiger partial charge in [0.1, 0.15) is 17.4 Å². The second-order valence-corrected chi connectivity index (χ2v) is 7.30. The minimum absolute atomic E-state index is 0.00529. The number of fused-ring (bicyclic) bond motifs is 1. The number of aromatic amines is 1. The third kappa shape index (κ3) is 4.46. The maximum atomic E-state index is 12.4. The summed E-state index contributed by atoms with van der Waals surface area (Å²) in [6.45, 7) is 0.150. The van der Waals surface area contributed by atoms with Gasteiger partial charge < -0.3 is 24.5 Å². The number of nitriles is 1. The van der Waals surface area contributed by atoms with Crippen molar-refractivity contribution in [1.82, 2.24) is 9.97 Å². The van der Waals surface area contributed by atoms with Gasteiger partial charge in [0.2, 0.25) is 12.7 Å². The van der Waals surface area contributed by atoms with Gasteiger partial charge in [-0.05, 0) is 36.4 Å². The highest BCUT2D eigenvalue weighted by Crippen LogP contribution is 2.34. The van der Waals surface area contributed by atoms with Crippen molar-refractivity contribution < 1.29 is 19.0 Å². The van der Waals surface area contributed by atoms with Crippen molar-refractivity contribution in [1.29, 1.82) is 5.26 Å². The number of amides is 1. The van der Waals surface area contributed by atoms with E-state index >= 15 is 0 Å². The summed E-state index contributed by atoms with van der Waals surface area (Å²) in [6.07, 6.45) is 0. The average molecular weight is 436 g/mol. The summed E-state index contributed by atoms with van der Waals surface area (Å²) in [7, 11) is 1.55. The molecule has 31 heavy (non-hydrogen) atoms. The molecule has 3 aromatic rings. The first-order chi connectivity index (χ1) is 15.1. The van der Waals surface area contributed by atoms with Crippen LogP contribution in [0.25, 0.3) is 11.3 Å². The SMILES string of the molecule is COc1ccc(-c2nc(SCC(=O)Nc3ccc4c(c3)OCO4)[nH]c(=O)c2C#N)cc1. The number of carbonyl (C=O) groups is 1. The van der Waals surface area contributed by atoms with Crippen LogP contribution in [0.3, 0.4) is 0 Å². The molecule has 0 spiro atoms. The minimum atomic E-state index is -0.568. The third-order valence-corrected chi connectivity index (χ3v) is 5.24. The van der Waals surface area contributed by atoms with Crippen molar-refractivity contribution in [3.05, 3.63) is 58.4 Å². The maximum Gasteiger partial charge on any atom is 0.270 e. The van der Waals surface area contributed by atoms with Crippen molar-refractivity contribution >= 4 is 23.4 Å². The largest absolute Gasteiger partial charge is 0.497 e. The number of hydrogen-bond acceptors (Lipinski definition) is 8. The Kier molecular flexibility index (Phi) is 5.77. The molecule has 10 heteroatoms. The molecule has 0 aliphatic carbocycles. The van der Waals surface area contributed by atoms with E-state index in [1.807, 2.05) is 6.07 Å². The van der Waals surface area contributed by atoms with Crippen LogP contribution in [0, 0.1) is 11.3 Å². The summed E-state index contributed by atoms with van der Waals surface area (Å²) in [5.41, 5.74) is 0.735. The van der Waals surface area contributed by atoms with Crippen molar-refractivity contribution in [3.8, 4) is 34.6 Å². The van der Waals surface area contributed by atoms with E-state index in [0.29, 0.717) is 28.5 Å². The molecule has 1 aliphatic rings. The Balaban J connectivity index is 1.49. The Hall–Kier alpha value is -3.97. The smallest absolute Gasteiger partial charge is 0.270 e. The number of rotatable bonds is 6.